The number of fused-ring (bicyclic) bond motifs is 4. The maximum absolute atomic E-state index is 13.2. The number of nitrogens with zero attached hydrogens (tertiary/aromatic N) is 2. The molecule has 3 amide bonds. The summed E-state index contributed by atoms with van der Waals surface area (Å²) < 4.78 is 5.54. The lowest BCUT2D eigenvalue weighted by Gasteiger charge is -2.35. The van der Waals surface area contributed by atoms with E-state index in [9.17, 15) is 19.2 Å². The number of amides is 3. The molecule has 0 aliphatic carbocycles. The number of pyridine rings is 1. The highest BCUT2D eigenvalue weighted by atomic mass is 16.5. The van der Waals surface area contributed by atoms with Gasteiger partial charge in [-0.3, -0.25) is 29.2 Å². The zero-order valence-electron chi connectivity index (χ0n) is 25.0. The van der Waals surface area contributed by atoms with Crippen LogP contribution in [0.15, 0.2) is 36.4 Å². The molecule has 1 saturated heterocycles. The summed E-state index contributed by atoms with van der Waals surface area (Å²) in [6.45, 7) is 7.49. The molecule has 42 heavy (non-hydrogen) atoms. The van der Waals surface area contributed by atoms with Gasteiger partial charge >= 0.3 is 5.97 Å². The molecule has 3 heterocycles. The molecule has 1 aromatic heterocycles. The summed E-state index contributed by atoms with van der Waals surface area (Å²) >= 11 is 0. The van der Waals surface area contributed by atoms with E-state index in [1.165, 1.54) is 5.01 Å². The monoisotopic (exact) mass is 577 g/mol. The van der Waals surface area contributed by atoms with Crippen LogP contribution in [-0.2, 0) is 23.9 Å². The number of carbonyl (C=O) groups excluding carboxylic acids is 4. The lowest BCUT2D eigenvalue weighted by Crippen LogP contribution is -2.61. The standard InChI is InChI=1S/C32H43N5O5/c1-20(2)29-31(40)34-22(4)32(41)37-18-10-12-26(36-37)30(39)33-21(3)25-17-16-24-15-14-23(19-27(24)35-25)11-8-6-5-7-9-13-28(38)42-29/h8,11,14-17,19-22,26,29,36H,5-7,9-10,12-13,18H2,1-4H3,(H,33,39)(H,34,40)/b11-8+/t21-,22+,26+,29-/m1/s1. The third kappa shape index (κ3) is 8.15. The fourth-order valence-electron chi connectivity index (χ4n) is 5.23. The van der Waals surface area contributed by atoms with Crippen molar-refractivity contribution < 1.29 is 23.9 Å². The number of rotatable bonds is 1. The minimum Gasteiger partial charge on any atom is -0.452 e. The van der Waals surface area contributed by atoms with Crippen molar-refractivity contribution >= 4 is 40.7 Å². The first-order valence-corrected chi connectivity index (χ1v) is 15.1. The Morgan fingerprint density at radius 3 is 2.48 bits per heavy atom. The van der Waals surface area contributed by atoms with Crippen LogP contribution in [0.25, 0.3) is 17.0 Å². The fraction of sp³-hybridized carbons (Fsp3) is 0.531. The Labute approximate surface area is 247 Å². The number of allylic oxidation sites excluding steroid dienone is 1. The fourth-order valence-corrected chi connectivity index (χ4v) is 5.23. The van der Waals surface area contributed by atoms with E-state index >= 15 is 0 Å². The van der Waals surface area contributed by atoms with Gasteiger partial charge in [0.25, 0.3) is 11.8 Å². The van der Waals surface area contributed by atoms with Crippen molar-refractivity contribution in [3.8, 4) is 0 Å². The van der Waals surface area contributed by atoms with Gasteiger partial charge in [-0.15, -0.1) is 0 Å². The number of aromatic nitrogens is 1. The van der Waals surface area contributed by atoms with Crippen LogP contribution in [0.4, 0.5) is 0 Å². The van der Waals surface area contributed by atoms with Crippen molar-refractivity contribution in [1.29, 1.82) is 0 Å². The molecule has 0 spiro atoms. The van der Waals surface area contributed by atoms with E-state index in [0.29, 0.717) is 25.8 Å². The van der Waals surface area contributed by atoms with Gasteiger partial charge in [-0.05, 0) is 69.6 Å². The second kappa shape index (κ2) is 14.4. The quantitative estimate of drug-likeness (QED) is 0.438. The van der Waals surface area contributed by atoms with Crippen LogP contribution in [0, 0.1) is 5.92 Å². The normalized spacial score (nSPS) is 26.4. The topological polar surface area (TPSA) is 130 Å². The van der Waals surface area contributed by atoms with Gasteiger partial charge in [-0.1, -0.05) is 50.6 Å². The Morgan fingerprint density at radius 2 is 1.69 bits per heavy atom. The van der Waals surface area contributed by atoms with Gasteiger partial charge in [0.1, 0.15) is 12.1 Å². The molecule has 3 N–H and O–H groups in total. The Balaban J connectivity index is 1.53. The molecule has 226 valence electrons. The van der Waals surface area contributed by atoms with Crippen LogP contribution in [0.2, 0.25) is 0 Å². The largest absolute Gasteiger partial charge is 0.452 e. The van der Waals surface area contributed by atoms with Gasteiger partial charge in [0.15, 0.2) is 6.10 Å². The molecule has 2 aromatic rings. The van der Waals surface area contributed by atoms with E-state index in [1.54, 1.807) is 20.8 Å². The Bertz CT molecular complexity index is 1330. The minimum atomic E-state index is -0.997. The summed E-state index contributed by atoms with van der Waals surface area (Å²) in [6, 6.07) is 8.23. The summed E-state index contributed by atoms with van der Waals surface area (Å²) in [5.74, 6) is -1.79. The number of hydrogen-bond acceptors (Lipinski definition) is 7. The average molecular weight is 578 g/mol. The number of nitrogens with one attached hydrogen (secondary N) is 3. The van der Waals surface area contributed by atoms with Gasteiger partial charge in [0, 0.05) is 18.4 Å². The van der Waals surface area contributed by atoms with Crippen LogP contribution in [-0.4, -0.2) is 58.4 Å². The van der Waals surface area contributed by atoms with Gasteiger partial charge in [-0.2, -0.15) is 0 Å². The van der Waals surface area contributed by atoms with Crippen molar-refractivity contribution in [2.75, 3.05) is 6.54 Å². The van der Waals surface area contributed by atoms with Crippen LogP contribution in [0.3, 0.4) is 0 Å². The van der Waals surface area contributed by atoms with Crippen molar-refractivity contribution in [2.24, 2.45) is 5.92 Å². The van der Waals surface area contributed by atoms with Gasteiger partial charge < -0.3 is 15.4 Å². The number of benzene rings is 1. The second-order valence-electron chi connectivity index (χ2n) is 11.6. The number of hydrazine groups is 1. The van der Waals surface area contributed by atoms with E-state index in [-0.39, 0.29) is 30.2 Å². The number of carbonyl (C=O) groups is 4. The summed E-state index contributed by atoms with van der Waals surface area (Å²) in [4.78, 5) is 56.8. The highest BCUT2D eigenvalue weighted by Crippen LogP contribution is 2.20. The Kier molecular flexibility index (Phi) is 10.7. The summed E-state index contributed by atoms with van der Waals surface area (Å²) in [7, 11) is 0. The van der Waals surface area contributed by atoms with Crippen LogP contribution in [0.5, 0.6) is 0 Å². The van der Waals surface area contributed by atoms with E-state index in [1.807, 2.05) is 31.2 Å². The average Bonchev–Trinajstić information content (AvgIpc) is 2.97. The van der Waals surface area contributed by atoms with Gasteiger partial charge in [0.05, 0.1) is 17.3 Å². The molecule has 4 rings (SSSR count). The summed E-state index contributed by atoms with van der Waals surface area (Å²) in [5, 5.41) is 8.14. The van der Waals surface area contributed by atoms with E-state index in [0.717, 1.165) is 41.4 Å². The molecular weight excluding hydrogens is 534 g/mol. The molecule has 0 saturated carbocycles. The van der Waals surface area contributed by atoms with Crippen molar-refractivity contribution in [1.82, 2.24) is 26.1 Å². The Morgan fingerprint density at radius 1 is 0.929 bits per heavy atom. The summed E-state index contributed by atoms with van der Waals surface area (Å²) in [5.41, 5.74) is 5.68. The van der Waals surface area contributed by atoms with Gasteiger partial charge in [-0.25, -0.2) is 5.43 Å². The van der Waals surface area contributed by atoms with E-state index < -0.39 is 30.1 Å². The minimum absolute atomic E-state index is 0.229. The molecule has 2 aliphatic rings. The molecule has 4 atom stereocenters. The van der Waals surface area contributed by atoms with E-state index in [2.05, 4.69) is 34.3 Å². The van der Waals surface area contributed by atoms with E-state index in [4.69, 9.17) is 9.72 Å². The Hall–Kier alpha value is -3.79. The van der Waals surface area contributed by atoms with Crippen molar-refractivity contribution in [3.05, 3.63) is 47.7 Å². The molecule has 1 aromatic carbocycles. The first-order chi connectivity index (χ1) is 20.1. The van der Waals surface area contributed by atoms with Crippen LogP contribution in [0.1, 0.15) is 89.9 Å². The molecule has 10 nitrogen and oxygen atoms in total. The maximum atomic E-state index is 13.2. The molecule has 0 unspecified atom stereocenters. The number of esters is 1. The van der Waals surface area contributed by atoms with Crippen LogP contribution < -0.4 is 16.1 Å². The lowest BCUT2D eigenvalue weighted by molar-refractivity contribution is -0.159. The first kappa shape index (κ1) is 31.2. The molecule has 2 aliphatic heterocycles. The third-order valence-corrected chi connectivity index (χ3v) is 7.72. The maximum Gasteiger partial charge on any atom is 0.306 e. The third-order valence-electron chi connectivity index (χ3n) is 7.72. The number of hydrogen-bond donors (Lipinski definition) is 3. The summed E-state index contributed by atoms with van der Waals surface area (Å²) in [6.07, 6.45) is 7.95. The molecule has 1 fully saturated rings. The number of cyclic esters (lactones) is 1. The molecule has 10 heteroatoms. The highest BCUT2D eigenvalue weighted by Gasteiger charge is 2.33. The van der Waals surface area contributed by atoms with Crippen LogP contribution >= 0.6 is 0 Å². The zero-order chi connectivity index (χ0) is 30.2. The highest BCUT2D eigenvalue weighted by molar-refractivity contribution is 5.90. The smallest absolute Gasteiger partial charge is 0.306 e. The predicted octanol–water partition coefficient (Wildman–Crippen LogP) is 3.96. The molecule has 5 bridgehead atoms. The lowest BCUT2D eigenvalue weighted by atomic mass is 10.1. The zero-order valence-corrected chi connectivity index (χ0v) is 25.0. The number of ether oxygens (including phenoxy) is 1. The molecular formula is C32H43N5O5. The van der Waals surface area contributed by atoms with Gasteiger partial charge in [0.2, 0.25) is 5.91 Å². The second-order valence-corrected chi connectivity index (χ2v) is 11.6. The SMILES string of the molecule is CC(C)[C@H]1OC(=O)CCCCC/C=C/c2ccc3ccc(nc3c2)[C@@H](C)NC(=O)[C@@H]2CCCN(N2)C(=O)[C@H](C)NC1=O. The van der Waals surface area contributed by atoms with Crippen molar-refractivity contribution in [2.45, 2.75) is 96.9 Å². The van der Waals surface area contributed by atoms with Crippen molar-refractivity contribution in [3.63, 3.8) is 0 Å². The predicted molar refractivity (Wildman–Crippen MR) is 161 cm³/mol. The molecule has 0 radical (unpaired) electrons. The first-order valence-electron chi connectivity index (χ1n) is 15.1.